The van der Waals surface area contributed by atoms with E-state index in [2.05, 4.69) is 16.7 Å². The molecule has 0 aliphatic carbocycles. The first-order valence-corrected chi connectivity index (χ1v) is 11.0. The third-order valence-electron chi connectivity index (χ3n) is 4.82. The summed E-state index contributed by atoms with van der Waals surface area (Å²) in [5.41, 5.74) is 0.919. The number of hydrogen-bond acceptors (Lipinski definition) is 4. The van der Waals surface area contributed by atoms with Crippen molar-refractivity contribution in [2.24, 2.45) is 0 Å². The highest BCUT2D eigenvalue weighted by Gasteiger charge is 2.17. The molecule has 4 aromatic rings. The second kappa shape index (κ2) is 10.0. The maximum absolute atomic E-state index is 12.3. The van der Waals surface area contributed by atoms with E-state index in [4.69, 9.17) is 39.5 Å². The van der Waals surface area contributed by atoms with E-state index >= 15 is 0 Å². The van der Waals surface area contributed by atoms with E-state index in [1.165, 1.54) is 18.2 Å². The minimum atomic E-state index is -0.788. The number of benzene rings is 4. The van der Waals surface area contributed by atoms with E-state index < -0.39 is 11.9 Å². The molecule has 0 spiro atoms. The number of rotatable bonds is 4. The van der Waals surface area contributed by atoms with Gasteiger partial charge >= 0.3 is 6.03 Å². The van der Waals surface area contributed by atoms with Crippen LogP contribution in [0.3, 0.4) is 0 Å². The molecule has 0 heterocycles. The number of anilines is 1. The monoisotopic (exact) mass is 509 g/mol. The summed E-state index contributed by atoms with van der Waals surface area (Å²) < 4.78 is 5.98. The minimum Gasteiger partial charge on any atom is -0.454 e. The highest BCUT2D eigenvalue weighted by atomic mass is 35.5. The van der Waals surface area contributed by atoms with Gasteiger partial charge in [-0.2, -0.15) is 5.26 Å². The number of hydrogen-bond donors (Lipinski definition) is 2. The van der Waals surface area contributed by atoms with Crippen LogP contribution in [0.4, 0.5) is 10.5 Å². The lowest BCUT2D eigenvalue weighted by molar-refractivity contribution is 0.0967. The van der Waals surface area contributed by atoms with Crippen LogP contribution in [-0.4, -0.2) is 11.9 Å². The van der Waals surface area contributed by atoms with Crippen LogP contribution < -0.4 is 15.4 Å². The smallest absolute Gasteiger partial charge is 0.326 e. The van der Waals surface area contributed by atoms with Gasteiger partial charge in [0.15, 0.2) is 5.75 Å². The molecular weight excluding hydrogens is 497 g/mol. The molecule has 0 aliphatic heterocycles. The minimum absolute atomic E-state index is 0.133. The van der Waals surface area contributed by atoms with E-state index in [1.54, 1.807) is 30.3 Å². The lowest BCUT2D eigenvalue weighted by Crippen LogP contribution is -2.34. The van der Waals surface area contributed by atoms with Crippen molar-refractivity contribution in [1.82, 2.24) is 5.32 Å². The van der Waals surface area contributed by atoms with Gasteiger partial charge < -0.3 is 10.1 Å². The summed E-state index contributed by atoms with van der Waals surface area (Å²) in [7, 11) is 0. The van der Waals surface area contributed by atoms with Gasteiger partial charge in [0, 0.05) is 16.5 Å². The van der Waals surface area contributed by atoms with Gasteiger partial charge in [0.1, 0.15) is 5.75 Å². The van der Waals surface area contributed by atoms with Crippen molar-refractivity contribution < 1.29 is 14.3 Å². The number of nitrogens with zero attached hydrogens (tertiary/aromatic N) is 1. The molecule has 0 unspecified atom stereocenters. The maximum Gasteiger partial charge on any atom is 0.326 e. The van der Waals surface area contributed by atoms with Crippen LogP contribution >= 0.6 is 34.8 Å². The molecule has 6 nitrogen and oxygen atoms in total. The predicted molar refractivity (Wildman–Crippen MR) is 133 cm³/mol. The summed E-state index contributed by atoms with van der Waals surface area (Å²) in [6.07, 6.45) is 0. The Morgan fingerprint density at radius 2 is 1.47 bits per heavy atom. The number of carbonyl (C=O) groups is 2. The van der Waals surface area contributed by atoms with Crippen molar-refractivity contribution >= 4 is 63.2 Å². The number of imide groups is 1. The first-order chi connectivity index (χ1) is 16.4. The normalized spacial score (nSPS) is 10.4. The fourth-order valence-electron chi connectivity index (χ4n) is 3.28. The standard InChI is InChI=1S/C25H14Cl3N3O3/c26-19-8-4-3-7-18(19)24(32)31-25(33)30-15-11-20(27)23(21(28)12-15)34-22-10-9-14(13-29)16-5-1-2-6-17(16)22/h1-12H,(H2,30,31,32,33). The molecule has 4 aromatic carbocycles. The Kier molecular flexibility index (Phi) is 6.90. The van der Waals surface area contributed by atoms with E-state index in [-0.39, 0.29) is 32.1 Å². The van der Waals surface area contributed by atoms with Crippen LogP contribution in [0, 0.1) is 11.3 Å². The average molecular weight is 511 g/mol. The fraction of sp³-hybridized carbons (Fsp3) is 0. The Balaban J connectivity index is 1.54. The van der Waals surface area contributed by atoms with Gasteiger partial charge in [0.2, 0.25) is 0 Å². The zero-order valence-electron chi connectivity index (χ0n) is 17.2. The molecule has 0 aliphatic rings. The number of amides is 3. The molecule has 4 rings (SSSR count). The third kappa shape index (κ3) is 4.92. The Morgan fingerprint density at radius 3 is 2.15 bits per heavy atom. The van der Waals surface area contributed by atoms with Gasteiger partial charge in [-0.15, -0.1) is 0 Å². The van der Waals surface area contributed by atoms with E-state index in [9.17, 15) is 14.9 Å². The Bertz CT molecular complexity index is 1460. The Labute approximate surface area is 209 Å². The quantitative estimate of drug-likeness (QED) is 0.299. The summed E-state index contributed by atoms with van der Waals surface area (Å²) in [6, 6.07) is 21.2. The maximum atomic E-state index is 12.3. The highest BCUT2D eigenvalue weighted by molar-refractivity contribution is 6.38. The zero-order valence-corrected chi connectivity index (χ0v) is 19.5. The van der Waals surface area contributed by atoms with Gasteiger partial charge in [-0.05, 0) is 36.4 Å². The number of halogens is 3. The second-order valence-corrected chi connectivity index (χ2v) is 8.25. The lowest BCUT2D eigenvalue weighted by Gasteiger charge is -2.14. The van der Waals surface area contributed by atoms with Crippen molar-refractivity contribution in [3.63, 3.8) is 0 Å². The number of fused-ring (bicyclic) bond motifs is 1. The van der Waals surface area contributed by atoms with Gasteiger partial charge in [-0.3, -0.25) is 10.1 Å². The lowest BCUT2D eigenvalue weighted by atomic mass is 10.0. The van der Waals surface area contributed by atoms with Crippen molar-refractivity contribution in [1.29, 1.82) is 5.26 Å². The predicted octanol–water partition coefficient (Wildman–Crippen LogP) is 7.43. The fourth-order valence-corrected chi connectivity index (χ4v) is 4.06. The van der Waals surface area contributed by atoms with Crippen LogP contribution in [0.15, 0.2) is 72.8 Å². The summed E-state index contributed by atoms with van der Waals surface area (Å²) in [5.74, 6) is -0.0218. The van der Waals surface area contributed by atoms with E-state index in [0.29, 0.717) is 16.7 Å². The van der Waals surface area contributed by atoms with Gasteiger partial charge in [-0.1, -0.05) is 71.2 Å². The van der Waals surface area contributed by atoms with Crippen LogP contribution in [-0.2, 0) is 0 Å². The molecule has 0 saturated carbocycles. The summed E-state index contributed by atoms with van der Waals surface area (Å²) >= 11 is 18.7. The molecule has 2 N–H and O–H groups in total. The summed E-state index contributed by atoms with van der Waals surface area (Å²) in [4.78, 5) is 24.5. The van der Waals surface area contributed by atoms with Crippen LogP contribution in [0.5, 0.6) is 11.5 Å². The first-order valence-electron chi connectivity index (χ1n) is 9.83. The van der Waals surface area contributed by atoms with E-state index in [1.807, 2.05) is 24.3 Å². The van der Waals surface area contributed by atoms with Crippen LogP contribution in [0.2, 0.25) is 15.1 Å². The average Bonchev–Trinajstić information content (AvgIpc) is 2.81. The molecule has 0 saturated heterocycles. The van der Waals surface area contributed by atoms with Crippen molar-refractivity contribution in [3.8, 4) is 17.6 Å². The molecule has 0 atom stereocenters. The molecule has 0 bridgehead atoms. The van der Waals surface area contributed by atoms with Crippen molar-refractivity contribution in [2.75, 3.05) is 5.32 Å². The zero-order chi connectivity index (χ0) is 24.2. The SMILES string of the molecule is N#Cc1ccc(Oc2c(Cl)cc(NC(=O)NC(=O)c3ccccc3Cl)cc2Cl)c2ccccc12. The van der Waals surface area contributed by atoms with Crippen molar-refractivity contribution in [3.05, 3.63) is 99.0 Å². The molecule has 0 aromatic heterocycles. The molecule has 3 amide bonds. The number of nitrogens with one attached hydrogen (secondary N) is 2. The van der Waals surface area contributed by atoms with Gasteiger partial charge in [0.25, 0.3) is 5.91 Å². The second-order valence-electron chi connectivity index (χ2n) is 7.03. The van der Waals surface area contributed by atoms with E-state index in [0.717, 1.165) is 5.39 Å². The third-order valence-corrected chi connectivity index (χ3v) is 5.71. The largest absolute Gasteiger partial charge is 0.454 e. The summed E-state index contributed by atoms with van der Waals surface area (Å²) in [5, 5.41) is 16.0. The molecule has 0 fully saturated rings. The molecule has 0 radical (unpaired) electrons. The van der Waals surface area contributed by atoms with Gasteiger partial charge in [-0.25, -0.2) is 4.79 Å². The highest BCUT2D eigenvalue weighted by Crippen LogP contribution is 2.41. The Hall–Kier alpha value is -3.76. The van der Waals surface area contributed by atoms with Crippen LogP contribution in [0.1, 0.15) is 15.9 Å². The number of ether oxygens (including phenoxy) is 1. The molecule has 34 heavy (non-hydrogen) atoms. The summed E-state index contributed by atoms with van der Waals surface area (Å²) in [6.45, 7) is 0. The molecular formula is C25H14Cl3N3O3. The number of urea groups is 1. The number of nitriles is 1. The van der Waals surface area contributed by atoms with Gasteiger partial charge in [0.05, 0.1) is 32.3 Å². The molecule has 9 heteroatoms. The Morgan fingerprint density at radius 1 is 0.824 bits per heavy atom. The van der Waals surface area contributed by atoms with Crippen LogP contribution in [0.25, 0.3) is 10.8 Å². The topological polar surface area (TPSA) is 91.2 Å². The molecule has 168 valence electrons. The number of carbonyl (C=O) groups excluding carboxylic acids is 2. The van der Waals surface area contributed by atoms with Crippen molar-refractivity contribution in [2.45, 2.75) is 0 Å². The first kappa shape index (κ1) is 23.4.